The number of allylic oxidation sites excluding steroid dienone is 10. The summed E-state index contributed by atoms with van der Waals surface area (Å²) in [5.41, 5.74) is 19.3. The predicted molar refractivity (Wildman–Crippen MR) is 289 cm³/mol. The van der Waals surface area contributed by atoms with Gasteiger partial charge in [0.05, 0.1) is 5.69 Å². The number of hydrogen-bond acceptors (Lipinski definition) is 3. The third kappa shape index (κ3) is 7.79. The maximum absolute atomic E-state index is 4.80. The van der Waals surface area contributed by atoms with Crippen LogP contribution in [0.15, 0.2) is 230 Å². The number of para-hydroxylation sites is 3. The molecule has 3 heterocycles. The first-order valence-electron chi connectivity index (χ1n) is 23.6. The molecule has 0 saturated heterocycles. The molecule has 4 aliphatic rings. The van der Waals surface area contributed by atoms with Crippen molar-refractivity contribution in [1.82, 2.24) is 0 Å². The Hall–Kier alpha value is -7.62. The molecule has 330 valence electrons. The van der Waals surface area contributed by atoms with Crippen LogP contribution in [0.4, 0.5) is 34.1 Å². The number of anilines is 6. The van der Waals surface area contributed by atoms with Crippen molar-refractivity contribution in [2.75, 3.05) is 28.7 Å². The van der Waals surface area contributed by atoms with Crippen molar-refractivity contribution in [2.24, 2.45) is 0 Å². The van der Waals surface area contributed by atoms with Crippen LogP contribution in [0.2, 0.25) is 0 Å². The molecule has 67 heavy (non-hydrogen) atoms. The highest BCUT2D eigenvalue weighted by Crippen LogP contribution is 2.59. The monoisotopic (exact) mass is 869 g/mol. The molecule has 1 atom stereocenters. The normalized spacial score (nSPS) is 18.8. The fourth-order valence-electron chi connectivity index (χ4n) is 10.6. The molecule has 11 rings (SSSR count). The molecule has 0 fully saturated rings. The van der Waals surface area contributed by atoms with Crippen LogP contribution in [0.3, 0.4) is 0 Å². The van der Waals surface area contributed by atoms with Crippen LogP contribution >= 0.6 is 0 Å². The number of rotatable bonds is 8. The second kappa shape index (κ2) is 17.6. The predicted octanol–water partition coefficient (Wildman–Crippen LogP) is 16.9. The first-order valence-corrected chi connectivity index (χ1v) is 23.6. The molecule has 3 nitrogen and oxygen atoms in total. The van der Waals surface area contributed by atoms with Gasteiger partial charge < -0.3 is 15.1 Å². The van der Waals surface area contributed by atoms with Gasteiger partial charge in [0.2, 0.25) is 0 Å². The zero-order valence-electron chi connectivity index (χ0n) is 39.4. The van der Waals surface area contributed by atoms with Gasteiger partial charge in [0, 0.05) is 69.7 Å². The van der Waals surface area contributed by atoms with E-state index in [1.54, 1.807) is 0 Å². The smallest absolute Gasteiger partial charge is 0.0534 e. The van der Waals surface area contributed by atoms with Crippen molar-refractivity contribution in [3.8, 4) is 0 Å². The van der Waals surface area contributed by atoms with Gasteiger partial charge in [-0.3, -0.25) is 0 Å². The molecule has 0 aromatic heterocycles. The second-order valence-corrected chi connectivity index (χ2v) is 19.1. The van der Waals surface area contributed by atoms with E-state index >= 15 is 0 Å². The maximum Gasteiger partial charge on any atom is 0.0534 e. The first kappa shape index (κ1) is 43.3. The topological polar surface area (TPSA) is 18.5 Å². The summed E-state index contributed by atoms with van der Waals surface area (Å²) in [5, 5.41) is 5.73. The Kier molecular flexibility index (Phi) is 11.4. The second-order valence-electron chi connectivity index (χ2n) is 19.1. The molecular formula is C64H59N3. The molecule has 0 radical (unpaired) electrons. The highest BCUT2D eigenvalue weighted by Gasteiger charge is 2.45. The molecule has 7 aromatic carbocycles. The minimum absolute atomic E-state index is 0.250. The molecule has 0 saturated carbocycles. The van der Waals surface area contributed by atoms with Gasteiger partial charge in [0.15, 0.2) is 0 Å². The highest BCUT2D eigenvalue weighted by atomic mass is 15.2. The average Bonchev–Trinajstić information content (AvgIpc) is 3.72. The lowest BCUT2D eigenvalue weighted by molar-refractivity contribution is 0.607. The van der Waals surface area contributed by atoms with Crippen molar-refractivity contribution in [3.63, 3.8) is 0 Å². The fourth-order valence-corrected chi connectivity index (χ4v) is 10.6. The van der Waals surface area contributed by atoms with Crippen molar-refractivity contribution < 1.29 is 0 Å². The summed E-state index contributed by atoms with van der Waals surface area (Å²) >= 11 is 0. The molecule has 2 bridgehead atoms. The molecule has 7 aromatic rings. The van der Waals surface area contributed by atoms with E-state index in [4.69, 9.17) is 6.58 Å². The van der Waals surface area contributed by atoms with Crippen molar-refractivity contribution in [3.05, 3.63) is 264 Å². The summed E-state index contributed by atoms with van der Waals surface area (Å²) < 4.78 is 0. The lowest BCUT2D eigenvalue weighted by atomic mass is 9.69. The van der Waals surface area contributed by atoms with Crippen LogP contribution in [-0.4, -0.2) is 13.6 Å². The Balaban J connectivity index is 0.000000379. The minimum Gasteiger partial charge on any atom is -0.388 e. The van der Waals surface area contributed by atoms with Gasteiger partial charge in [-0.05, 0) is 110 Å². The number of nitrogens with one attached hydrogen (secondary N) is 1. The Morgan fingerprint density at radius 3 is 2.07 bits per heavy atom. The molecule has 1 N–H and O–H groups in total. The van der Waals surface area contributed by atoms with E-state index in [-0.39, 0.29) is 10.8 Å². The van der Waals surface area contributed by atoms with E-state index in [0.717, 1.165) is 46.7 Å². The van der Waals surface area contributed by atoms with Gasteiger partial charge in [-0.1, -0.05) is 199 Å². The summed E-state index contributed by atoms with van der Waals surface area (Å²) in [6.45, 7) is 19.3. The minimum atomic E-state index is -0.328. The molecule has 3 aliphatic heterocycles. The standard InChI is InChI=1S/C53H48N2.C11H11N/c1-7-18-37(29-30-39-21-16-20-38-19-14-15-26-45(38)39)40-31-36(2)52(3,4)47-27-17-28-48-51(47)54-35-41(32-40)46-33-44(34-49(50(46)54)53(48,5)6)55(42-22-10-8-11-23-42)43-24-12-9-13-25-43;1-12-11-8-4-6-9-5-2-3-7-10(9)11/h7-20,22-34,39H,1-2,21,35H2,3-6H3;2-8,12H,1H3/b30-29-,37-18+,40-31+,41-32+;. The van der Waals surface area contributed by atoms with Crippen LogP contribution in [0.25, 0.3) is 22.4 Å². The highest BCUT2D eigenvalue weighted by molar-refractivity contribution is 6.00. The van der Waals surface area contributed by atoms with Gasteiger partial charge >= 0.3 is 0 Å². The quantitative estimate of drug-likeness (QED) is 0.154. The van der Waals surface area contributed by atoms with Crippen LogP contribution in [0, 0.1) is 0 Å². The van der Waals surface area contributed by atoms with Crippen LogP contribution < -0.4 is 15.1 Å². The fraction of sp³-hybridized carbons (Fsp3) is 0.156. The molecule has 1 aliphatic carbocycles. The number of nitrogens with zero attached hydrogens (tertiary/aromatic N) is 2. The molecule has 3 heteroatoms. The summed E-state index contributed by atoms with van der Waals surface area (Å²) in [4.78, 5) is 5.02. The summed E-state index contributed by atoms with van der Waals surface area (Å²) in [6.07, 6.45) is 19.1. The molecule has 0 amide bonds. The van der Waals surface area contributed by atoms with Gasteiger partial charge in [-0.25, -0.2) is 0 Å². The first-order chi connectivity index (χ1) is 32.6. The van der Waals surface area contributed by atoms with Crippen LogP contribution in [-0.2, 0) is 10.8 Å². The van der Waals surface area contributed by atoms with Gasteiger partial charge in [0.25, 0.3) is 0 Å². The molecular weight excluding hydrogens is 811 g/mol. The number of hydrogen-bond donors (Lipinski definition) is 1. The van der Waals surface area contributed by atoms with Gasteiger partial charge in [0.1, 0.15) is 0 Å². The largest absolute Gasteiger partial charge is 0.388 e. The van der Waals surface area contributed by atoms with E-state index in [1.807, 2.05) is 13.1 Å². The van der Waals surface area contributed by atoms with E-state index < -0.39 is 0 Å². The average molecular weight is 870 g/mol. The lowest BCUT2D eigenvalue weighted by Gasteiger charge is -2.44. The third-order valence-corrected chi connectivity index (χ3v) is 14.4. The number of benzene rings is 7. The zero-order chi connectivity index (χ0) is 46.3. The van der Waals surface area contributed by atoms with Gasteiger partial charge in [-0.2, -0.15) is 0 Å². The van der Waals surface area contributed by atoms with E-state index in [1.165, 1.54) is 66.8 Å². The van der Waals surface area contributed by atoms with E-state index in [0.29, 0.717) is 5.92 Å². The Morgan fingerprint density at radius 2 is 1.34 bits per heavy atom. The van der Waals surface area contributed by atoms with E-state index in [2.05, 4.69) is 250 Å². The SMILES string of the molecule is C=C/C=C(\C=C/C1CC=Cc2ccccc21)C1=C/C(=C)C(C)(C)c2cccc3c2N2C/C(=C\1)c1cc(N(c4ccccc4)c4ccccc4)cc(c12)C3(C)C.CNc1cccc2ccccc12. The van der Waals surface area contributed by atoms with Crippen molar-refractivity contribution in [2.45, 2.75) is 50.9 Å². The number of fused-ring (bicyclic) bond motifs is 4. The molecule has 1 unspecified atom stereocenters. The summed E-state index contributed by atoms with van der Waals surface area (Å²) in [6, 6.07) is 56.7. The lowest BCUT2D eigenvalue weighted by Crippen LogP contribution is -2.34. The molecule has 0 spiro atoms. The Labute approximate surface area is 397 Å². The van der Waals surface area contributed by atoms with Gasteiger partial charge in [-0.15, -0.1) is 0 Å². The maximum atomic E-state index is 4.80. The van der Waals surface area contributed by atoms with Crippen molar-refractivity contribution >= 4 is 56.5 Å². The Morgan fingerprint density at radius 1 is 0.687 bits per heavy atom. The van der Waals surface area contributed by atoms with Crippen LogP contribution in [0.1, 0.15) is 73.4 Å². The van der Waals surface area contributed by atoms with Crippen LogP contribution in [0.5, 0.6) is 0 Å². The van der Waals surface area contributed by atoms with E-state index in [9.17, 15) is 0 Å². The van der Waals surface area contributed by atoms with Crippen molar-refractivity contribution in [1.29, 1.82) is 0 Å². The summed E-state index contributed by atoms with van der Waals surface area (Å²) in [7, 11) is 1.95. The Bertz CT molecular complexity index is 3160. The third-order valence-electron chi connectivity index (χ3n) is 14.4. The zero-order valence-corrected chi connectivity index (χ0v) is 39.4. The summed E-state index contributed by atoms with van der Waals surface area (Å²) in [5.74, 6) is 0.304.